The zero-order chi connectivity index (χ0) is 13.4. The lowest BCUT2D eigenvalue weighted by Gasteiger charge is -2.34. The Balaban J connectivity index is 1.94. The van der Waals surface area contributed by atoms with Gasteiger partial charge in [-0.25, -0.2) is 0 Å². The van der Waals surface area contributed by atoms with E-state index in [0.717, 1.165) is 32.6 Å². The van der Waals surface area contributed by atoms with Crippen LogP contribution in [-0.2, 0) is 12.8 Å². The highest BCUT2D eigenvalue weighted by Crippen LogP contribution is 2.35. The predicted molar refractivity (Wildman–Crippen MR) is 83.5 cm³/mol. The number of anilines is 1. The number of nitrogens with zero attached hydrogens (tertiary/aromatic N) is 2. The van der Waals surface area contributed by atoms with Gasteiger partial charge in [0.25, 0.3) is 0 Å². The fourth-order valence-corrected chi connectivity index (χ4v) is 3.60. The highest BCUT2D eigenvalue weighted by atomic mass is 15.2. The average molecular weight is 267 g/mol. The molecule has 0 spiro atoms. The third kappa shape index (κ3) is 1.97. The molecule has 20 heavy (non-hydrogen) atoms. The van der Waals surface area contributed by atoms with Gasteiger partial charge in [-0.05, 0) is 37.3 Å². The van der Waals surface area contributed by atoms with Crippen molar-refractivity contribution in [3.05, 3.63) is 35.5 Å². The molecule has 1 aromatic heterocycles. The number of rotatable bonds is 1. The van der Waals surface area contributed by atoms with E-state index in [-0.39, 0.29) is 0 Å². The summed E-state index contributed by atoms with van der Waals surface area (Å²) in [6.07, 6.45) is 4.96. The summed E-state index contributed by atoms with van der Waals surface area (Å²) in [5.41, 5.74) is 5.52. The van der Waals surface area contributed by atoms with Crippen LogP contribution >= 0.6 is 0 Å². The van der Waals surface area contributed by atoms with Crippen LogP contribution in [0.3, 0.4) is 0 Å². The van der Waals surface area contributed by atoms with E-state index in [1.165, 1.54) is 47.1 Å². The molecule has 2 aromatic rings. The van der Waals surface area contributed by atoms with Crippen LogP contribution in [0.15, 0.2) is 24.3 Å². The predicted octanol–water partition coefficient (Wildman–Crippen LogP) is 2.52. The Labute approximate surface area is 120 Å². The number of nitrogens with one attached hydrogen (secondary N) is 1. The summed E-state index contributed by atoms with van der Waals surface area (Å²) in [6.45, 7) is 4.40. The van der Waals surface area contributed by atoms with Crippen molar-refractivity contribution in [3.8, 4) is 0 Å². The molecule has 0 unspecified atom stereocenters. The van der Waals surface area contributed by atoms with Crippen molar-refractivity contribution in [1.29, 1.82) is 0 Å². The molecule has 0 saturated carbocycles. The van der Waals surface area contributed by atoms with Gasteiger partial charge >= 0.3 is 0 Å². The summed E-state index contributed by atoms with van der Waals surface area (Å²) in [6, 6.07) is 8.65. The Hall–Kier alpha value is -1.61. The van der Waals surface area contributed by atoms with Gasteiger partial charge in [0.1, 0.15) is 0 Å². The third-order valence-electron chi connectivity index (χ3n) is 4.57. The first-order valence-electron chi connectivity index (χ1n) is 7.79. The molecule has 104 valence electrons. The lowest BCUT2D eigenvalue weighted by Crippen LogP contribution is -2.44. The van der Waals surface area contributed by atoms with Crippen molar-refractivity contribution in [1.82, 2.24) is 10.3 Å². The molecule has 1 aromatic carbocycles. The SMILES string of the molecule is c1ccc2c(N3CCNCC3)c3c(nc2c1)CCCC3. The standard InChI is InChI=1S/C17H21N3/c1-3-7-15-13(5-1)17(20-11-9-18-10-12-20)14-6-2-4-8-16(14)19-15/h1,3,5,7,18H,2,4,6,8-12H2. The van der Waals surface area contributed by atoms with E-state index in [0.29, 0.717) is 0 Å². The molecule has 1 N–H and O–H groups in total. The summed E-state index contributed by atoms with van der Waals surface area (Å²) in [5.74, 6) is 0. The van der Waals surface area contributed by atoms with Gasteiger partial charge in [0.15, 0.2) is 0 Å². The van der Waals surface area contributed by atoms with Gasteiger partial charge < -0.3 is 10.2 Å². The number of pyridine rings is 1. The Kier molecular flexibility index (Phi) is 3.07. The topological polar surface area (TPSA) is 28.2 Å². The van der Waals surface area contributed by atoms with Gasteiger partial charge in [0.05, 0.1) is 11.2 Å². The second-order valence-corrected chi connectivity index (χ2v) is 5.85. The van der Waals surface area contributed by atoms with E-state index in [1.54, 1.807) is 0 Å². The Morgan fingerprint density at radius 3 is 2.70 bits per heavy atom. The Morgan fingerprint density at radius 2 is 1.80 bits per heavy atom. The second kappa shape index (κ2) is 5.06. The molecule has 0 bridgehead atoms. The number of aromatic nitrogens is 1. The largest absolute Gasteiger partial charge is 0.368 e. The summed E-state index contributed by atoms with van der Waals surface area (Å²) >= 11 is 0. The molecule has 3 heteroatoms. The lowest BCUT2D eigenvalue weighted by molar-refractivity contribution is 0.584. The number of piperazine rings is 1. The van der Waals surface area contributed by atoms with Crippen molar-refractivity contribution < 1.29 is 0 Å². The van der Waals surface area contributed by atoms with Crippen molar-refractivity contribution in [2.45, 2.75) is 25.7 Å². The zero-order valence-corrected chi connectivity index (χ0v) is 11.9. The quantitative estimate of drug-likeness (QED) is 0.860. The minimum atomic E-state index is 1.09. The van der Waals surface area contributed by atoms with Gasteiger partial charge in [-0.1, -0.05) is 18.2 Å². The monoisotopic (exact) mass is 267 g/mol. The fraction of sp³-hybridized carbons (Fsp3) is 0.471. The molecule has 1 saturated heterocycles. The molecule has 0 amide bonds. The summed E-state index contributed by atoms with van der Waals surface area (Å²) in [4.78, 5) is 7.50. The molecule has 2 aliphatic rings. The van der Waals surface area contributed by atoms with Crippen LogP contribution in [0.2, 0.25) is 0 Å². The first-order valence-corrected chi connectivity index (χ1v) is 7.79. The first-order chi connectivity index (χ1) is 9.93. The fourth-order valence-electron chi connectivity index (χ4n) is 3.60. The molecule has 0 radical (unpaired) electrons. The van der Waals surface area contributed by atoms with E-state index >= 15 is 0 Å². The van der Waals surface area contributed by atoms with E-state index in [2.05, 4.69) is 34.5 Å². The van der Waals surface area contributed by atoms with Crippen LogP contribution < -0.4 is 10.2 Å². The number of aryl methyl sites for hydroxylation is 1. The number of hydrogen-bond donors (Lipinski definition) is 1. The zero-order valence-electron chi connectivity index (χ0n) is 11.9. The molecule has 2 heterocycles. The normalized spacial score (nSPS) is 19.1. The molecule has 4 rings (SSSR count). The number of fused-ring (bicyclic) bond motifs is 2. The van der Waals surface area contributed by atoms with Gasteiger partial charge in [0.2, 0.25) is 0 Å². The number of para-hydroxylation sites is 1. The van der Waals surface area contributed by atoms with E-state index in [9.17, 15) is 0 Å². The van der Waals surface area contributed by atoms with Gasteiger partial charge in [0, 0.05) is 37.3 Å². The Bertz CT molecular complexity index is 629. The van der Waals surface area contributed by atoms with Gasteiger partial charge in [-0.15, -0.1) is 0 Å². The van der Waals surface area contributed by atoms with Crippen molar-refractivity contribution >= 4 is 16.6 Å². The molecule has 1 aliphatic carbocycles. The molecular formula is C17H21N3. The maximum Gasteiger partial charge on any atom is 0.0726 e. The average Bonchev–Trinajstić information content (AvgIpc) is 2.53. The smallest absolute Gasteiger partial charge is 0.0726 e. The molecule has 3 nitrogen and oxygen atoms in total. The van der Waals surface area contributed by atoms with Crippen molar-refractivity contribution in [3.63, 3.8) is 0 Å². The molecular weight excluding hydrogens is 246 g/mol. The highest BCUT2D eigenvalue weighted by Gasteiger charge is 2.22. The second-order valence-electron chi connectivity index (χ2n) is 5.85. The molecule has 0 atom stereocenters. The van der Waals surface area contributed by atoms with E-state index < -0.39 is 0 Å². The third-order valence-corrected chi connectivity index (χ3v) is 4.57. The Morgan fingerprint density at radius 1 is 1.00 bits per heavy atom. The number of benzene rings is 1. The maximum atomic E-state index is 4.93. The van der Waals surface area contributed by atoms with Crippen LogP contribution in [0, 0.1) is 0 Å². The minimum absolute atomic E-state index is 1.09. The lowest BCUT2D eigenvalue weighted by atomic mass is 9.92. The van der Waals surface area contributed by atoms with Crippen LogP contribution in [-0.4, -0.2) is 31.2 Å². The van der Waals surface area contributed by atoms with Crippen LogP contribution in [0.5, 0.6) is 0 Å². The summed E-state index contributed by atoms with van der Waals surface area (Å²) in [5, 5.41) is 4.80. The van der Waals surface area contributed by atoms with Gasteiger partial charge in [-0.3, -0.25) is 4.98 Å². The number of hydrogen-bond acceptors (Lipinski definition) is 3. The molecule has 1 fully saturated rings. The van der Waals surface area contributed by atoms with Gasteiger partial charge in [-0.2, -0.15) is 0 Å². The van der Waals surface area contributed by atoms with Crippen molar-refractivity contribution in [2.75, 3.05) is 31.1 Å². The van der Waals surface area contributed by atoms with Crippen molar-refractivity contribution in [2.24, 2.45) is 0 Å². The highest BCUT2D eigenvalue weighted by molar-refractivity contribution is 5.94. The van der Waals surface area contributed by atoms with Crippen LogP contribution in [0.25, 0.3) is 10.9 Å². The van der Waals surface area contributed by atoms with Crippen LogP contribution in [0.1, 0.15) is 24.1 Å². The summed E-state index contributed by atoms with van der Waals surface area (Å²) in [7, 11) is 0. The minimum Gasteiger partial charge on any atom is -0.368 e. The molecule has 1 aliphatic heterocycles. The van der Waals surface area contributed by atoms with Crippen LogP contribution in [0.4, 0.5) is 5.69 Å². The summed E-state index contributed by atoms with van der Waals surface area (Å²) < 4.78 is 0. The van der Waals surface area contributed by atoms with E-state index in [4.69, 9.17) is 4.98 Å². The van der Waals surface area contributed by atoms with E-state index in [1.807, 2.05) is 0 Å². The maximum absolute atomic E-state index is 4.93. The first kappa shape index (κ1) is 12.2.